The van der Waals surface area contributed by atoms with Crippen molar-refractivity contribution in [3.05, 3.63) is 81.1 Å². The quantitative estimate of drug-likeness (QED) is 0.148. The van der Waals surface area contributed by atoms with E-state index in [-0.39, 0.29) is 34.2 Å². The number of nitro benzene ring substituents is 1. The Bertz CT molecular complexity index is 1590. The lowest BCUT2D eigenvalue weighted by atomic mass is 10.1. The molecule has 16 heteroatoms. The van der Waals surface area contributed by atoms with Crippen LogP contribution in [-0.4, -0.2) is 52.4 Å². The summed E-state index contributed by atoms with van der Waals surface area (Å²) in [7, 11) is 0. The molecule has 0 radical (unpaired) electrons. The lowest BCUT2D eigenvalue weighted by Crippen LogP contribution is -2.37. The second-order valence-electron chi connectivity index (χ2n) is 8.58. The molecule has 41 heavy (non-hydrogen) atoms. The Kier molecular flexibility index (Phi) is 7.98. The largest absolute Gasteiger partial charge is 0.455 e. The van der Waals surface area contributed by atoms with Crippen molar-refractivity contribution in [2.75, 3.05) is 41.9 Å². The summed E-state index contributed by atoms with van der Waals surface area (Å²) in [6, 6.07) is 11.9. The predicted molar refractivity (Wildman–Crippen MR) is 145 cm³/mol. The molecule has 212 valence electrons. The van der Waals surface area contributed by atoms with Crippen LogP contribution in [0, 0.1) is 10.1 Å². The zero-order valence-corrected chi connectivity index (χ0v) is 21.7. The SMILES string of the molecule is O=[N+]([O-])c1ccc(-c2ccc(C=NNc3nc(Nc4cccc(C(F)(F)F)c4)nc(N4CCOCC4)n3)o2)c(Cl)c1. The van der Waals surface area contributed by atoms with Gasteiger partial charge in [-0.05, 0) is 36.4 Å². The third-order valence-electron chi connectivity index (χ3n) is 5.78. The van der Waals surface area contributed by atoms with Crippen molar-refractivity contribution in [1.29, 1.82) is 0 Å². The second kappa shape index (κ2) is 11.8. The number of nitro groups is 1. The second-order valence-corrected chi connectivity index (χ2v) is 8.99. The van der Waals surface area contributed by atoms with Crippen molar-refractivity contribution in [2.45, 2.75) is 6.18 Å². The number of alkyl halides is 3. The Morgan fingerprint density at radius 3 is 2.56 bits per heavy atom. The molecule has 1 aliphatic heterocycles. The summed E-state index contributed by atoms with van der Waals surface area (Å²) in [5, 5.41) is 18.0. The van der Waals surface area contributed by atoms with Crippen molar-refractivity contribution in [3.8, 4) is 11.3 Å². The van der Waals surface area contributed by atoms with Gasteiger partial charge >= 0.3 is 6.18 Å². The molecule has 1 saturated heterocycles. The summed E-state index contributed by atoms with van der Waals surface area (Å²) in [4.78, 5) is 25.2. The molecule has 2 N–H and O–H groups in total. The highest BCUT2D eigenvalue weighted by Crippen LogP contribution is 2.33. The fourth-order valence-corrected chi connectivity index (χ4v) is 4.08. The Morgan fingerprint density at radius 1 is 1.05 bits per heavy atom. The minimum atomic E-state index is -4.51. The maximum absolute atomic E-state index is 13.2. The Hall–Kier alpha value is -4.76. The summed E-state index contributed by atoms with van der Waals surface area (Å²) < 4.78 is 50.6. The smallest absolute Gasteiger partial charge is 0.416 e. The molecular formula is C25H20ClF3N8O4. The summed E-state index contributed by atoms with van der Waals surface area (Å²) in [6.45, 7) is 1.94. The third-order valence-corrected chi connectivity index (χ3v) is 6.09. The average Bonchev–Trinajstić information content (AvgIpc) is 3.41. The van der Waals surface area contributed by atoms with E-state index in [2.05, 4.69) is 30.8 Å². The Balaban J connectivity index is 1.35. The highest BCUT2D eigenvalue weighted by Gasteiger charge is 2.30. The number of benzene rings is 2. The van der Waals surface area contributed by atoms with Gasteiger partial charge in [-0.3, -0.25) is 10.1 Å². The molecule has 5 rings (SSSR count). The van der Waals surface area contributed by atoms with Gasteiger partial charge in [0.15, 0.2) is 0 Å². The molecule has 0 unspecified atom stereocenters. The first kappa shape index (κ1) is 27.8. The molecule has 0 atom stereocenters. The van der Waals surface area contributed by atoms with E-state index in [0.29, 0.717) is 43.4 Å². The molecule has 3 heterocycles. The van der Waals surface area contributed by atoms with E-state index < -0.39 is 16.7 Å². The number of furan rings is 1. The molecular weight excluding hydrogens is 569 g/mol. The van der Waals surface area contributed by atoms with Crippen LogP contribution in [0.2, 0.25) is 5.02 Å². The minimum absolute atomic E-state index is 0.00612. The first-order valence-corrected chi connectivity index (χ1v) is 12.4. The van der Waals surface area contributed by atoms with Gasteiger partial charge in [0, 0.05) is 36.5 Å². The van der Waals surface area contributed by atoms with Gasteiger partial charge < -0.3 is 19.4 Å². The van der Waals surface area contributed by atoms with Gasteiger partial charge in [0.05, 0.1) is 34.9 Å². The molecule has 4 aromatic rings. The number of ether oxygens (including phenoxy) is 1. The van der Waals surface area contributed by atoms with Crippen LogP contribution in [0.4, 0.5) is 42.4 Å². The van der Waals surface area contributed by atoms with Gasteiger partial charge in [0.25, 0.3) is 5.69 Å². The van der Waals surface area contributed by atoms with Gasteiger partial charge in [-0.2, -0.15) is 33.2 Å². The maximum Gasteiger partial charge on any atom is 0.416 e. The van der Waals surface area contributed by atoms with Crippen LogP contribution in [0.3, 0.4) is 0 Å². The minimum Gasteiger partial charge on any atom is -0.455 e. The number of morpholine rings is 1. The molecule has 0 aliphatic carbocycles. The van der Waals surface area contributed by atoms with E-state index in [9.17, 15) is 23.3 Å². The highest BCUT2D eigenvalue weighted by atomic mass is 35.5. The number of anilines is 4. The number of aromatic nitrogens is 3. The lowest BCUT2D eigenvalue weighted by molar-refractivity contribution is -0.384. The molecule has 12 nitrogen and oxygen atoms in total. The predicted octanol–water partition coefficient (Wildman–Crippen LogP) is 5.74. The van der Waals surface area contributed by atoms with E-state index in [1.807, 2.05) is 4.90 Å². The summed E-state index contributed by atoms with van der Waals surface area (Å²) in [5.74, 6) is 1.01. The summed E-state index contributed by atoms with van der Waals surface area (Å²) in [5.41, 5.74) is 2.32. The standard InChI is InChI=1S/C25H20ClF3N8O4/c26-20-13-17(37(38)39)4-6-19(20)21-7-5-18(41-21)14-30-35-23-32-22(33-24(34-23)36-8-10-40-11-9-36)31-16-3-1-2-15(12-16)25(27,28)29/h1-7,12-14H,8-11H2,(H2,31,32,33,34,35). The number of hydrogen-bond donors (Lipinski definition) is 2. The van der Waals surface area contributed by atoms with E-state index in [1.54, 1.807) is 12.1 Å². The van der Waals surface area contributed by atoms with Crippen LogP contribution in [0.1, 0.15) is 11.3 Å². The van der Waals surface area contributed by atoms with Crippen molar-refractivity contribution in [3.63, 3.8) is 0 Å². The van der Waals surface area contributed by atoms with Gasteiger partial charge in [-0.25, -0.2) is 5.43 Å². The molecule has 0 bridgehead atoms. The molecule has 1 aliphatic rings. The van der Waals surface area contributed by atoms with Crippen LogP contribution < -0.4 is 15.6 Å². The fraction of sp³-hybridized carbons (Fsp3) is 0.200. The Labute approximate surface area is 235 Å². The van der Waals surface area contributed by atoms with Crippen LogP contribution in [0.5, 0.6) is 0 Å². The number of rotatable bonds is 8. The monoisotopic (exact) mass is 588 g/mol. The number of nitrogens with zero attached hydrogens (tertiary/aromatic N) is 6. The average molecular weight is 589 g/mol. The Morgan fingerprint density at radius 2 is 1.83 bits per heavy atom. The van der Waals surface area contributed by atoms with Gasteiger partial charge in [0.1, 0.15) is 11.5 Å². The maximum atomic E-state index is 13.2. The zero-order chi connectivity index (χ0) is 29.0. The molecule has 2 aromatic heterocycles. The summed E-state index contributed by atoms with van der Waals surface area (Å²) >= 11 is 6.18. The summed E-state index contributed by atoms with van der Waals surface area (Å²) in [6.07, 6.45) is -3.16. The molecule has 0 amide bonds. The zero-order valence-electron chi connectivity index (χ0n) is 20.9. The van der Waals surface area contributed by atoms with E-state index in [1.165, 1.54) is 36.5 Å². The van der Waals surface area contributed by atoms with Crippen LogP contribution in [-0.2, 0) is 10.9 Å². The molecule has 0 spiro atoms. The molecule has 1 fully saturated rings. The van der Waals surface area contributed by atoms with Gasteiger partial charge in [0.2, 0.25) is 17.8 Å². The van der Waals surface area contributed by atoms with E-state index >= 15 is 0 Å². The van der Waals surface area contributed by atoms with Crippen LogP contribution in [0.15, 0.2) is 64.1 Å². The first-order valence-electron chi connectivity index (χ1n) is 12.0. The number of hydrazone groups is 1. The van der Waals surface area contributed by atoms with Crippen molar-refractivity contribution in [2.24, 2.45) is 5.10 Å². The normalized spacial score (nSPS) is 13.9. The van der Waals surface area contributed by atoms with Crippen molar-refractivity contribution in [1.82, 2.24) is 15.0 Å². The number of non-ortho nitro benzene ring substituents is 1. The number of nitrogens with one attached hydrogen (secondary N) is 2. The van der Waals surface area contributed by atoms with Gasteiger partial charge in [-0.15, -0.1) is 0 Å². The van der Waals surface area contributed by atoms with Crippen LogP contribution in [0.25, 0.3) is 11.3 Å². The van der Waals surface area contributed by atoms with E-state index in [0.717, 1.165) is 12.1 Å². The van der Waals surface area contributed by atoms with E-state index in [4.69, 9.17) is 20.8 Å². The van der Waals surface area contributed by atoms with Crippen LogP contribution >= 0.6 is 11.6 Å². The first-order chi connectivity index (χ1) is 19.7. The topological polar surface area (TPSA) is 144 Å². The van der Waals surface area contributed by atoms with Gasteiger partial charge in [-0.1, -0.05) is 17.7 Å². The molecule has 0 saturated carbocycles. The third kappa shape index (κ3) is 6.88. The molecule has 2 aromatic carbocycles. The van der Waals surface area contributed by atoms with Crippen molar-refractivity contribution >= 4 is 47.0 Å². The number of halogens is 4. The number of hydrogen-bond acceptors (Lipinski definition) is 11. The van der Waals surface area contributed by atoms with Crippen molar-refractivity contribution < 1.29 is 27.2 Å². The fourth-order valence-electron chi connectivity index (χ4n) is 3.82. The lowest BCUT2D eigenvalue weighted by Gasteiger charge is -2.27. The highest BCUT2D eigenvalue weighted by molar-refractivity contribution is 6.33.